The van der Waals surface area contributed by atoms with E-state index < -0.39 is 0 Å². The number of hydrogen-bond donors (Lipinski definition) is 2. The summed E-state index contributed by atoms with van der Waals surface area (Å²) in [4.78, 5) is 1.93. The molecule has 2 atom stereocenters. The second kappa shape index (κ2) is 7.02. The van der Waals surface area contributed by atoms with Crippen molar-refractivity contribution in [3.05, 3.63) is 29.6 Å². The minimum Gasteiger partial charge on any atom is -0.394 e. The Morgan fingerprint density at radius 3 is 3.00 bits per heavy atom. The smallest absolute Gasteiger partial charge is 0.146 e. The lowest BCUT2D eigenvalue weighted by atomic mass is 10.1. The molecule has 112 valence electrons. The summed E-state index contributed by atoms with van der Waals surface area (Å²) in [7, 11) is 0. The van der Waals surface area contributed by atoms with E-state index in [9.17, 15) is 4.39 Å². The summed E-state index contributed by atoms with van der Waals surface area (Å²) in [6.45, 7) is 6.56. The van der Waals surface area contributed by atoms with Crippen molar-refractivity contribution in [3.8, 4) is 0 Å². The van der Waals surface area contributed by atoms with Crippen molar-refractivity contribution in [2.45, 2.75) is 26.0 Å². The highest BCUT2D eigenvalue weighted by Crippen LogP contribution is 2.25. The molecule has 2 N–H and O–H groups in total. The summed E-state index contributed by atoms with van der Waals surface area (Å²) < 4.78 is 19.7. The van der Waals surface area contributed by atoms with Gasteiger partial charge in [0.1, 0.15) is 5.82 Å². The summed E-state index contributed by atoms with van der Waals surface area (Å²) in [5.41, 5.74) is 1.53. The first kappa shape index (κ1) is 15.2. The standard InChI is InChI=1S/C15H23FN2O2/c1-3-17-11(2)12-4-5-15(14(16)8-12)18-6-7-20-13(9-18)10-19/h4-5,8,11,13,17,19H,3,6-7,9-10H2,1-2H3. The van der Waals surface area contributed by atoms with Gasteiger partial charge in [-0.2, -0.15) is 0 Å². The molecule has 0 amide bonds. The molecule has 1 heterocycles. The number of rotatable bonds is 5. The van der Waals surface area contributed by atoms with Crippen LogP contribution in [0.5, 0.6) is 0 Å². The van der Waals surface area contributed by atoms with Gasteiger partial charge in [0.2, 0.25) is 0 Å². The van der Waals surface area contributed by atoms with Crippen LogP contribution in [0.2, 0.25) is 0 Å². The zero-order valence-corrected chi connectivity index (χ0v) is 12.1. The van der Waals surface area contributed by atoms with Gasteiger partial charge in [0, 0.05) is 19.1 Å². The zero-order chi connectivity index (χ0) is 14.5. The van der Waals surface area contributed by atoms with Crippen molar-refractivity contribution < 1.29 is 14.2 Å². The molecule has 2 unspecified atom stereocenters. The maximum absolute atomic E-state index is 14.3. The maximum Gasteiger partial charge on any atom is 0.146 e. The first-order valence-electron chi connectivity index (χ1n) is 7.16. The molecule has 0 aliphatic carbocycles. The van der Waals surface area contributed by atoms with Crippen LogP contribution in [-0.4, -0.2) is 44.1 Å². The number of nitrogens with one attached hydrogen (secondary N) is 1. The Kier molecular flexibility index (Phi) is 5.34. The van der Waals surface area contributed by atoms with Gasteiger partial charge in [-0.15, -0.1) is 0 Å². The zero-order valence-electron chi connectivity index (χ0n) is 12.1. The first-order valence-corrected chi connectivity index (χ1v) is 7.16. The number of nitrogens with zero attached hydrogens (tertiary/aromatic N) is 1. The van der Waals surface area contributed by atoms with Crippen LogP contribution in [-0.2, 0) is 4.74 Å². The number of ether oxygens (including phenoxy) is 1. The normalized spacial score (nSPS) is 21.0. The summed E-state index contributed by atoms with van der Waals surface area (Å²) in [5.74, 6) is -0.217. The van der Waals surface area contributed by atoms with Gasteiger partial charge in [-0.1, -0.05) is 13.0 Å². The molecule has 1 aliphatic rings. The van der Waals surface area contributed by atoms with Gasteiger partial charge in [0.05, 0.1) is 25.0 Å². The molecule has 0 spiro atoms. The van der Waals surface area contributed by atoms with Crippen molar-refractivity contribution in [2.24, 2.45) is 0 Å². The van der Waals surface area contributed by atoms with Crippen LogP contribution in [0.3, 0.4) is 0 Å². The largest absolute Gasteiger partial charge is 0.394 e. The third kappa shape index (κ3) is 3.48. The summed E-state index contributed by atoms with van der Waals surface area (Å²) in [5, 5.41) is 12.4. The predicted octanol–water partition coefficient (Wildman–Crippen LogP) is 1.69. The predicted molar refractivity (Wildman–Crippen MR) is 77.5 cm³/mol. The molecule has 1 aromatic rings. The van der Waals surface area contributed by atoms with E-state index >= 15 is 0 Å². The number of hydrogen-bond acceptors (Lipinski definition) is 4. The molecule has 20 heavy (non-hydrogen) atoms. The van der Waals surface area contributed by atoms with Crippen LogP contribution in [0.4, 0.5) is 10.1 Å². The average molecular weight is 282 g/mol. The number of aliphatic hydroxyl groups excluding tert-OH is 1. The molecule has 0 aromatic heterocycles. The van der Waals surface area contributed by atoms with Gasteiger partial charge in [0.25, 0.3) is 0 Å². The van der Waals surface area contributed by atoms with Crippen molar-refractivity contribution >= 4 is 5.69 Å². The van der Waals surface area contributed by atoms with Crippen molar-refractivity contribution in [3.63, 3.8) is 0 Å². The summed E-state index contributed by atoms with van der Waals surface area (Å²) in [6.07, 6.45) is -0.233. The van der Waals surface area contributed by atoms with E-state index in [0.29, 0.717) is 25.4 Å². The Morgan fingerprint density at radius 1 is 1.55 bits per heavy atom. The quantitative estimate of drug-likeness (QED) is 0.863. The van der Waals surface area contributed by atoms with E-state index in [-0.39, 0.29) is 24.6 Å². The van der Waals surface area contributed by atoms with E-state index in [1.807, 2.05) is 30.9 Å². The van der Waals surface area contributed by atoms with E-state index in [1.54, 1.807) is 6.07 Å². The number of halogens is 1. The minimum atomic E-state index is -0.233. The van der Waals surface area contributed by atoms with Crippen LogP contribution >= 0.6 is 0 Å². The topological polar surface area (TPSA) is 44.7 Å². The lowest BCUT2D eigenvalue weighted by Gasteiger charge is -2.34. The molecular formula is C15H23FN2O2. The molecule has 0 bridgehead atoms. The van der Waals surface area contributed by atoms with Gasteiger partial charge in [-0.05, 0) is 31.2 Å². The molecular weight excluding hydrogens is 259 g/mol. The Balaban J connectivity index is 2.13. The lowest BCUT2D eigenvalue weighted by molar-refractivity contribution is 0.00340. The summed E-state index contributed by atoms with van der Waals surface area (Å²) >= 11 is 0. The number of aliphatic hydroxyl groups is 1. The first-order chi connectivity index (χ1) is 9.65. The Hall–Kier alpha value is -1.17. The molecule has 4 nitrogen and oxygen atoms in total. The number of anilines is 1. The molecule has 0 radical (unpaired) electrons. The maximum atomic E-state index is 14.3. The molecule has 1 aliphatic heterocycles. The van der Waals surface area contributed by atoms with Crippen LogP contribution < -0.4 is 10.2 Å². The van der Waals surface area contributed by atoms with E-state index in [0.717, 1.165) is 12.1 Å². The highest BCUT2D eigenvalue weighted by molar-refractivity contribution is 5.50. The van der Waals surface area contributed by atoms with Crippen molar-refractivity contribution in [1.82, 2.24) is 5.32 Å². The molecule has 1 aromatic carbocycles. The molecule has 1 fully saturated rings. The molecule has 1 saturated heterocycles. The lowest BCUT2D eigenvalue weighted by Crippen LogP contribution is -2.44. The van der Waals surface area contributed by atoms with Gasteiger partial charge in [0.15, 0.2) is 0 Å². The number of benzene rings is 1. The van der Waals surface area contributed by atoms with Crippen LogP contribution in [0.1, 0.15) is 25.5 Å². The van der Waals surface area contributed by atoms with Crippen molar-refractivity contribution in [2.75, 3.05) is 37.7 Å². The van der Waals surface area contributed by atoms with Crippen LogP contribution in [0, 0.1) is 5.82 Å². The molecule has 2 rings (SSSR count). The highest BCUT2D eigenvalue weighted by atomic mass is 19.1. The highest BCUT2D eigenvalue weighted by Gasteiger charge is 2.22. The third-order valence-electron chi connectivity index (χ3n) is 3.67. The van der Waals surface area contributed by atoms with Crippen LogP contribution in [0.25, 0.3) is 0 Å². The van der Waals surface area contributed by atoms with E-state index in [4.69, 9.17) is 9.84 Å². The second-order valence-electron chi connectivity index (χ2n) is 5.11. The summed E-state index contributed by atoms with van der Waals surface area (Å²) in [6, 6.07) is 5.50. The van der Waals surface area contributed by atoms with Crippen molar-refractivity contribution in [1.29, 1.82) is 0 Å². The fourth-order valence-electron chi connectivity index (χ4n) is 2.52. The SMILES string of the molecule is CCNC(C)c1ccc(N2CCOC(CO)C2)c(F)c1. The Morgan fingerprint density at radius 2 is 2.35 bits per heavy atom. The fourth-order valence-corrected chi connectivity index (χ4v) is 2.52. The van der Waals surface area contributed by atoms with Gasteiger partial charge in [-0.25, -0.2) is 4.39 Å². The Labute approximate surface area is 119 Å². The second-order valence-corrected chi connectivity index (χ2v) is 5.11. The van der Waals surface area contributed by atoms with E-state index in [2.05, 4.69) is 5.32 Å². The van der Waals surface area contributed by atoms with Crippen LogP contribution in [0.15, 0.2) is 18.2 Å². The average Bonchev–Trinajstić information content (AvgIpc) is 2.47. The molecule has 5 heteroatoms. The fraction of sp³-hybridized carbons (Fsp3) is 0.600. The monoisotopic (exact) mass is 282 g/mol. The number of morpholine rings is 1. The van der Waals surface area contributed by atoms with Gasteiger partial charge in [-0.3, -0.25) is 0 Å². The van der Waals surface area contributed by atoms with Gasteiger partial charge < -0.3 is 20.1 Å². The Bertz CT molecular complexity index is 442. The minimum absolute atomic E-state index is 0.0341. The van der Waals surface area contributed by atoms with E-state index in [1.165, 1.54) is 0 Å². The third-order valence-corrected chi connectivity index (χ3v) is 3.67. The molecule has 0 saturated carbocycles. The van der Waals surface area contributed by atoms with Gasteiger partial charge >= 0.3 is 0 Å².